The normalized spacial score (nSPS) is 10.6. The van der Waals surface area contributed by atoms with Crippen molar-refractivity contribution in [3.05, 3.63) is 58.3 Å². The molecule has 0 saturated carbocycles. The largest absolute Gasteiger partial charge is 0.484 e. The Morgan fingerprint density at radius 3 is 2.84 bits per heavy atom. The number of nitrogens with zero attached hydrogens (tertiary/aromatic N) is 1. The topological polar surface area (TPSA) is 64.4 Å². The Hall–Kier alpha value is -2.31. The number of aromatic nitrogens is 1. The molecular weight excluding hydrogens is 360 g/mol. The SMILES string of the molecule is Cc1oc(-c2cccs2)nc1CCNC(=O)COc1ccc(Cl)cc1. The fourth-order valence-electron chi connectivity index (χ4n) is 2.22. The van der Waals surface area contributed by atoms with Crippen molar-refractivity contribution in [2.45, 2.75) is 13.3 Å². The zero-order valence-corrected chi connectivity index (χ0v) is 15.2. The van der Waals surface area contributed by atoms with Crippen LogP contribution in [0.25, 0.3) is 10.8 Å². The summed E-state index contributed by atoms with van der Waals surface area (Å²) >= 11 is 7.38. The third kappa shape index (κ3) is 4.84. The summed E-state index contributed by atoms with van der Waals surface area (Å²) in [6.45, 7) is 2.31. The number of benzene rings is 1. The van der Waals surface area contributed by atoms with Gasteiger partial charge in [0.1, 0.15) is 11.5 Å². The minimum atomic E-state index is -0.186. The molecular formula is C18H17ClN2O3S. The Morgan fingerprint density at radius 2 is 2.12 bits per heavy atom. The van der Waals surface area contributed by atoms with Crippen LogP contribution in [-0.4, -0.2) is 24.0 Å². The van der Waals surface area contributed by atoms with Gasteiger partial charge in [-0.1, -0.05) is 17.7 Å². The molecule has 3 aromatic rings. The number of nitrogens with one attached hydrogen (secondary N) is 1. The molecule has 0 unspecified atom stereocenters. The van der Waals surface area contributed by atoms with Gasteiger partial charge in [-0.3, -0.25) is 4.79 Å². The molecule has 0 fully saturated rings. The highest BCUT2D eigenvalue weighted by Gasteiger charge is 2.12. The van der Waals surface area contributed by atoms with Gasteiger partial charge in [0.25, 0.3) is 5.91 Å². The van der Waals surface area contributed by atoms with Crippen LogP contribution >= 0.6 is 22.9 Å². The molecule has 0 aliphatic heterocycles. The van der Waals surface area contributed by atoms with E-state index in [0.29, 0.717) is 29.6 Å². The van der Waals surface area contributed by atoms with Gasteiger partial charge in [0, 0.05) is 18.0 Å². The molecule has 0 aliphatic rings. The van der Waals surface area contributed by atoms with E-state index in [4.69, 9.17) is 20.8 Å². The molecule has 0 bridgehead atoms. The van der Waals surface area contributed by atoms with Crippen LogP contribution in [0.15, 0.2) is 46.2 Å². The number of carbonyl (C=O) groups excluding carboxylic acids is 1. The highest BCUT2D eigenvalue weighted by atomic mass is 35.5. The highest BCUT2D eigenvalue weighted by molar-refractivity contribution is 7.13. The van der Waals surface area contributed by atoms with Crippen LogP contribution in [-0.2, 0) is 11.2 Å². The first-order chi connectivity index (χ1) is 12.1. The molecule has 1 amide bonds. The minimum absolute atomic E-state index is 0.0418. The minimum Gasteiger partial charge on any atom is -0.484 e. The van der Waals surface area contributed by atoms with Gasteiger partial charge in [-0.2, -0.15) is 0 Å². The molecule has 130 valence electrons. The molecule has 0 aliphatic carbocycles. The first kappa shape index (κ1) is 17.5. The van der Waals surface area contributed by atoms with Gasteiger partial charge in [0.05, 0.1) is 10.6 Å². The van der Waals surface area contributed by atoms with E-state index < -0.39 is 0 Å². The average Bonchev–Trinajstić information content (AvgIpc) is 3.25. The fraction of sp³-hybridized carbons (Fsp3) is 0.222. The smallest absolute Gasteiger partial charge is 0.257 e. The molecule has 2 aromatic heterocycles. The number of hydrogen-bond acceptors (Lipinski definition) is 5. The lowest BCUT2D eigenvalue weighted by atomic mass is 10.2. The molecule has 0 saturated heterocycles. The van der Waals surface area contributed by atoms with Gasteiger partial charge in [-0.05, 0) is 42.6 Å². The number of ether oxygens (including phenoxy) is 1. The number of oxazole rings is 1. The number of thiophene rings is 1. The fourth-order valence-corrected chi connectivity index (χ4v) is 2.99. The van der Waals surface area contributed by atoms with Gasteiger partial charge >= 0.3 is 0 Å². The number of hydrogen-bond donors (Lipinski definition) is 1. The maximum Gasteiger partial charge on any atom is 0.257 e. The second-order valence-electron chi connectivity index (χ2n) is 5.34. The Morgan fingerprint density at radius 1 is 1.32 bits per heavy atom. The Kier molecular flexibility index (Phi) is 5.73. The summed E-state index contributed by atoms with van der Waals surface area (Å²) in [5, 5.41) is 5.42. The van der Waals surface area contributed by atoms with E-state index in [1.807, 2.05) is 24.4 Å². The van der Waals surface area contributed by atoms with Crippen molar-refractivity contribution in [1.82, 2.24) is 10.3 Å². The van der Waals surface area contributed by atoms with E-state index >= 15 is 0 Å². The van der Waals surface area contributed by atoms with Crippen molar-refractivity contribution in [3.63, 3.8) is 0 Å². The first-order valence-electron chi connectivity index (χ1n) is 7.77. The third-order valence-corrected chi connectivity index (χ3v) is 4.60. The predicted octanol–water partition coefficient (Wildman–Crippen LogP) is 4.10. The van der Waals surface area contributed by atoms with Crippen molar-refractivity contribution in [2.75, 3.05) is 13.2 Å². The number of rotatable bonds is 7. The third-order valence-electron chi connectivity index (χ3n) is 3.49. The summed E-state index contributed by atoms with van der Waals surface area (Å²) in [7, 11) is 0. The lowest BCUT2D eigenvalue weighted by Gasteiger charge is -2.07. The number of aryl methyl sites for hydroxylation is 1. The maximum atomic E-state index is 11.8. The Labute approximate surface area is 154 Å². The molecule has 3 rings (SSSR count). The zero-order valence-electron chi connectivity index (χ0n) is 13.6. The van der Waals surface area contributed by atoms with Crippen molar-refractivity contribution < 1.29 is 13.9 Å². The lowest BCUT2D eigenvalue weighted by molar-refractivity contribution is -0.123. The van der Waals surface area contributed by atoms with Crippen LogP contribution < -0.4 is 10.1 Å². The highest BCUT2D eigenvalue weighted by Crippen LogP contribution is 2.25. The van der Waals surface area contributed by atoms with E-state index in [2.05, 4.69) is 10.3 Å². The Bertz CT molecular complexity index is 829. The lowest BCUT2D eigenvalue weighted by Crippen LogP contribution is -2.30. The number of carbonyl (C=O) groups is 1. The summed E-state index contributed by atoms with van der Waals surface area (Å²) in [4.78, 5) is 17.3. The molecule has 2 heterocycles. The molecule has 25 heavy (non-hydrogen) atoms. The van der Waals surface area contributed by atoms with Crippen molar-refractivity contribution in [1.29, 1.82) is 0 Å². The number of amides is 1. The number of halogens is 1. The van der Waals surface area contributed by atoms with Crippen LogP contribution in [0.5, 0.6) is 5.75 Å². The monoisotopic (exact) mass is 376 g/mol. The van der Waals surface area contributed by atoms with Gasteiger partial charge in [0.15, 0.2) is 6.61 Å². The van der Waals surface area contributed by atoms with Crippen molar-refractivity contribution in [3.8, 4) is 16.5 Å². The maximum absolute atomic E-state index is 11.8. The summed E-state index contributed by atoms with van der Waals surface area (Å²) in [6.07, 6.45) is 0.605. The first-order valence-corrected chi connectivity index (χ1v) is 9.03. The molecule has 7 heteroatoms. The summed E-state index contributed by atoms with van der Waals surface area (Å²) in [5.41, 5.74) is 0.849. The molecule has 5 nitrogen and oxygen atoms in total. The van der Waals surface area contributed by atoms with Crippen LogP contribution in [0, 0.1) is 6.92 Å². The van der Waals surface area contributed by atoms with E-state index in [-0.39, 0.29) is 12.5 Å². The molecule has 0 spiro atoms. The Balaban J connectivity index is 1.44. The van der Waals surface area contributed by atoms with Crippen LogP contribution in [0.1, 0.15) is 11.5 Å². The van der Waals surface area contributed by atoms with Gasteiger partial charge in [-0.15, -0.1) is 11.3 Å². The summed E-state index contributed by atoms with van der Waals surface area (Å²) in [5.74, 6) is 1.82. The predicted molar refractivity (Wildman–Crippen MR) is 98.2 cm³/mol. The quantitative estimate of drug-likeness (QED) is 0.674. The van der Waals surface area contributed by atoms with Crippen molar-refractivity contribution in [2.24, 2.45) is 0 Å². The zero-order chi connectivity index (χ0) is 17.6. The van der Waals surface area contributed by atoms with E-state index in [9.17, 15) is 4.79 Å². The summed E-state index contributed by atoms with van der Waals surface area (Å²) < 4.78 is 11.1. The molecule has 1 aromatic carbocycles. The molecule has 0 atom stereocenters. The standard InChI is InChI=1S/C18H17ClN2O3S/c1-12-15(21-18(24-12)16-3-2-10-25-16)8-9-20-17(22)11-23-14-6-4-13(19)5-7-14/h2-7,10H,8-9,11H2,1H3,(H,20,22). The van der Waals surface area contributed by atoms with E-state index in [1.54, 1.807) is 35.6 Å². The van der Waals surface area contributed by atoms with Crippen LogP contribution in [0.3, 0.4) is 0 Å². The van der Waals surface area contributed by atoms with E-state index in [0.717, 1.165) is 16.3 Å². The van der Waals surface area contributed by atoms with Gasteiger partial charge < -0.3 is 14.5 Å². The van der Waals surface area contributed by atoms with Gasteiger partial charge in [-0.25, -0.2) is 4.98 Å². The summed E-state index contributed by atoms with van der Waals surface area (Å²) in [6, 6.07) is 10.8. The average molecular weight is 377 g/mol. The van der Waals surface area contributed by atoms with Crippen LogP contribution in [0.2, 0.25) is 5.02 Å². The molecule has 1 N–H and O–H groups in total. The second kappa shape index (κ2) is 8.18. The van der Waals surface area contributed by atoms with Crippen molar-refractivity contribution >= 4 is 28.8 Å². The van der Waals surface area contributed by atoms with E-state index in [1.165, 1.54) is 0 Å². The molecule has 0 radical (unpaired) electrons. The van der Waals surface area contributed by atoms with Crippen LogP contribution in [0.4, 0.5) is 0 Å². The van der Waals surface area contributed by atoms with Gasteiger partial charge in [0.2, 0.25) is 5.89 Å². The second-order valence-corrected chi connectivity index (χ2v) is 6.73.